The van der Waals surface area contributed by atoms with Gasteiger partial charge in [0.1, 0.15) is 0 Å². The minimum atomic E-state index is -0.0693. The summed E-state index contributed by atoms with van der Waals surface area (Å²) in [4.78, 5) is 1.58. The molecule has 0 spiro atoms. The molecule has 2 rings (SSSR count). The zero-order chi connectivity index (χ0) is 10.2. The molecule has 0 saturated carbocycles. The van der Waals surface area contributed by atoms with Crippen LogP contribution < -0.4 is 5.73 Å². The second-order valence-corrected chi connectivity index (χ2v) is 5.92. The van der Waals surface area contributed by atoms with Gasteiger partial charge in [-0.2, -0.15) is 0 Å². The standard InChI is InChI=1S/C12H19NS/c1-12(2,13)10-5-3-4-6-11-9(10)7-8-14-11/h7-8,10H,3-6,13H2,1-2H3. The summed E-state index contributed by atoms with van der Waals surface area (Å²) >= 11 is 1.90. The fourth-order valence-corrected chi connectivity index (χ4v) is 3.41. The van der Waals surface area contributed by atoms with E-state index in [0.717, 1.165) is 0 Å². The second-order valence-electron chi connectivity index (χ2n) is 4.92. The van der Waals surface area contributed by atoms with Crippen molar-refractivity contribution in [1.82, 2.24) is 0 Å². The van der Waals surface area contributed by atoms with Crippen molar-refractivity contribution in [2.75, 3.05) is 0 Å². The van der Waals surface area contributed by atoms with E-state index in [1.54, 1.807) is 4.88 Å². The Morgan fingerprint density at radius 2 is 2.21 bits per heavy atom. The highest BCUT2D eigenvalue weighted by Crippen LogP contribution is 2.38. The zero-order valence-electron chi connectivity index (χ0n) is 9.05. The number of hydrogen-bond donors (Lipinski definition) is 1. The van der Waals surface area contributed by atoms with Crippen LogP contribution in [0.3, 0.4) is 0 Å². The molecular formula is C12H19NS. The Kier molecular flexibility index (Phi) is 2.67. The number of nitrogens with two attached hydrogens (primary N) is 1. The van der Waals surface area contributed by atoms with E-state index < -0.39 is 0 Å². The maximum Gasteiger partial charge on any atom is 0.0166 e. The van der Waals surface area contributed by atoms with E-state index in [0.29, 0.717) is 5.92 Å². The average Bonchev–Trinajstić information content (AvgIpc) is 2.42. The van der Waals surface area contributed by atoms with Gasteiger partial charge in [0.2, 0.25) is 0 Å². The van der Waals surface area contributed by atoms with Crippen molar-refractivity contribution < 1.29 is 0 Å². The molecule has 0 amide bonds. The van der Waals surface area contributed by atoms with Crippen LogP contribution in [0.5, 0.6) is 0 Å². The Morgan fingerprint density at radius 3 is 2.93 bits per heavy atom. The molecule has 0 bridgehead atoms. The Bertz CT molecular complexity index is 308. The maximum absolute atomic E-state index is 6.26. The largest absolute Gasteiger partial charge is 0.325 e. The first-order valence-corrected chi connectivity index (χ1v) is 6.32. The number of fused-ring (bicyclic) bond motifs is 1. The molecule has 1 aromatic heterocycles. The van der Waals surface area contributed by atoms with Crippen LogP contribution in [-0.2, 0) is 6.42 Å². The lowest BCUT2D eigenvalue weighted by Crippen LogP contribution is -2.39. The van der Waals surface area contributed by atoms with Crippen molar-refractivity contribution in [1.29, 1.82) is 0 Å². The van der Waals surface area contributed by atoms with E-state index in [1.807, 2.05) is 11.3 Å². The highest BCUT2D eigenvalue weighted by atomic mass is 32.1. The van der Waals surface area contributed by atoms with E-state index >= 15 is 0 Å². The predicted molar refractivity (Wildman–Crippen MR) is 62.9 cm³/mol. The molecule has 1 aliphatic carbocycles. The third-order valence-electron chi connectivity index (χ3n) is 3.20. The molecule has 1 unspecified atom stereocenters. The molecule has 1 heterocycles. The Hall–Kier alpha value is -0.340. The SMILES string of the molecule is CC(C)(N)C1CCCCc2sccc21. The summed E-state index contributed by atoms with van der Waals surface area (Å²) in [6, 6.07) is 2.28. The predicted octanol–water partition coefficient (Wildman–Crippen LogP) is 3.30. The summed E-state index contributed by atoms with van der Waals surface area (Å²) in [6.45, 7) is 4.31. The molecule has 1 aromatic rings. The lowest BCUT2D eigenvalue weighted by atomic mass is 9.81. The Labute approximate surface area is 90.3 Å². The Morgan fingerprint density at radius 1 is 1.43 bits per heavy atom. The number of hydrogen-bond acceptors (Lipinski definition) is 2. The quantitative estimate of drug-likeness (QED) is 0.706. The number of aryl methyl sites for hydroxylation is 1. The number of rotatable bonds is 1. The van der Waals surface area contributed by atoms with Crippen LogP contribution in [0.25, 0.3) is 0 Å². The van der Waals surface area contributed by atoms with Crippen LogP contribution >= 0.6 is 11.3 Å². The van der Waals surface area contributed by atoms with Crippen LogP contribution in [0, 0.1) is 0 Å². The topological polar surface area (TPSA) is 26.0 Å². The Balaban J connectivity index is 2.35. The van der Waals surface area contributed by atoms with Crippen LogP contribution in [-0.4, -0.2) is 5.54 Å². The molecule has 0 aromatic carbocycles. The molecule has 78 valence electrons. The fourth-order valence-electron chi connectivity index (χ4n) is 2.43. The smallest absolute Gasteiger partial charge is 0.0166 e. The van der Waals surface area contributed by atoms with Crippen molar-refractivity contribution in [2.45, 2.75) is 51.0 Å². The highest BCUT2D eigenvalue weighted by Gasteiger charge is 2.30. The van der Waals surface area contributed by atoms with E-state index in [9.17, 15) is 0 Å². The first-order valence-electron chi connectivity index (χ1n) is 5.44. The number of thiophene rings is 1. The summed E-state index contributed by atoms with van der Waals surface area (Å²) in [6.07, 6.45) is 5.18. The normalized spacial score (nSPS) is 22.9. The van der Waals surface area contributed by atoms with Gasteiger partial charge < -0.3 is 5.73 Å². The van der Waals surface area contributed by atoms with Gasteiger partial charge in [0, 0.05) is 16.3 Å². The molecule has 0 aliphatic heterocycles. The second kappa shape index (κ2) is 3.67. The minimum Gasteiger partial charge on any atom is -0.325 e. The van der Waals surface area contributed by atoms with Gasteiger partial charge in [0.25, 0.3) is 0 Å². The molecule has 1 nitrogen and oxygen atoms in total. The minimum absolute atomic E-state index is 0.0693. The van der Waals surface area contributed by atoms with Crippen molar-refractivity contribution >= 4 is 11.3 Å². The maximum atomic E-state index is 6.26. The first-order chi connectivity index (χ1) is 6.59. The van der Waals surface area contributed by atoms with Crippen molar-refractivity contribution in [3.05, 3.63) is 21.9 Å². The average molecular weight is 209 g/mol. The summed E-state index contributed by atoms with van der Waals surface area (Å²) in [5.41, 5.74) is 7.72. The van der Waals surface area contributed by atoms with E-state index in [4.69, 9.17) is 5.73 Å². The van der Waals surface area contributed by atoms with Crippen molar-refractivity contribution in [3.63, 3.8) is 0 Å². The molecule has 0 radical (unpaired) electrons. The summed E-state index contributed by atoms with van der Waals surface area (Å²) < 4.78 is 0. The van der Waals surface area contributed by atoms with Gasteiger partial charge >= 0.3 is 0 Å². The van der Waals surface area contributed by atoms with Crippen molar-refractivity contribution in [3.8, 4) is 0 Å². The molecule has 0 saturated heterocycles. The van der Waals surface area contributed by atoms with Crippen LogP contribution in [0.4, 0.5) is 0 Å². The lowest BCUT2D eigenvalue weighted by molar-refractivity contribution is 0.387. The van der Waals surface area contributed by atoms with Crippen LogP contribution in [0.1, 0.15) is 49.5 Å². The van der Waals surface area contributed by atoms with E-state index in [2.05, 4.69) is 25.3 Å². The van der Waals surface area contributed by atoms with Gasteiger partial charge in [-0.1, -0.05) is 6.42 Å². The summed E-state index contributed by atoms with van der Waals surface area (Å²) in [5, 5.41) is 2.22. The van der Waals surface area contributed by atoms with Crippen LogP contribution in [0.15, 0.2) is 11.4 Å². The zero-order valence-corrected chi connectivity index (χ0v) is 9.86. The molecular weight excluding hydrogens is 190 g/mol. The third kappa shape index (κ3) is 1.86. The van der Waals surface area contributed by atoms with E-state index in [1.165, 1.54) is 31.2 Å². The first kappa shape index (κ1) is 10.2. The monoisotopic (exact) mass is 209 g/mol. The van der Waals surface area contributed by atoms with Crippen LogP contribution in [0.2, 0.25) is 0 Å². The van der Waals surface area contributed by atoms with Gasteiger partial charge in [0.15, 0.2) is 0 Å². The molecule has 1 atom stereocenters. The third-order valence-corrected chi connectivity index (χ3v) is 4.20. The highest BCUT2D eigenvalue weighted by molar-refractivity contribution is 7.10. The lowest BCUT2D eigenvalue weighted by Gasteiger charge is -2.30. The molecule has 1 aliphatic rings. The van der Waals surface area contributed by atoms with Gasteiger partial charge in [-0.25, -0.2) is 0 Å². The van der Waals surface area contributed by atoms with Gasteiger partial charge in [-0.3, -0.25) is 0 Å². The van der Waals surface area contributed by atoms with E-state index in [-0.39, 0.29) is 5.54 Å². The molecule has 14 heavy (non-hydrogen) atoms. The molecule has 0 fully saturated rings. The molecule has 2 N–H and O–H groups in total. The summed E-state index contributed by atoms with van der Waals surface area (Å²) in [5.74, 6) is 0.561. The summed E-state index contributed by atoms with van der Waals surface area (Å²) in [7, 11) is 0. The fraction of sp³-hybridized carbons (Fsp3) is 0.667. The molecule has 2 heteroatoms. The van der Waals surface area contributed by atoms with Gasteiger partial charge in [0.05, 0.1) is 0 Å². The van der Waals surface area contributed by atoms with Gasteiger partial charge in [-0.15, -0.1) is 11.3 Å². The van der Waals surface area contributed by atoms with Gasteiger partial charge in [-0.05, 0) is 50.1 Å². The van der Waals surface area contributed by atoms with Crippen molar-refractivity contribution in [2.24, 2.45) is 5.73 Å².